The third-order valence-electron chi connectivity index (χ3n) is 4.07. The van der Waals surface area contributed by atoms with Crippen molar-refractivity contribution in [1.82, 2.24) is 14.5 Å². The number of hydrogen-bond donors (Lipinski definition) is 1. The molecule has 0 saturated heterocycles. The molecule has 1 N–H and O–H groups in total. The monoisotopic (exact) mass is 341 g/mol. The summed E-state index contributed by atoms with van der Waals surface area (Å²) in [6.07, 6.45) is -0.594. The number of hydrogen-bond acceptors (Lipinski definition) is 3. The zero-order chi connectivity index (χ0) is 16.6. The Morgan fingerprint density at radius 1 is 1.30 bits per heavy atom. The van der Waals surface area contributed by atoms with Gasteiger partial charge < -0.3 is 0 Å². The number of fused-ring (bicyclic) bond motifs is 1. The fourth-order valence-electron chi connectivity index (χ4n) is 2.90. The summed E-state index contributed by atoms with van der Waals surface area (Å²) in [5, 5.41) is 3.34. The first kappa shape index (κ1) is 16.1. The molecule has 0 unspecified atom stereocenters. The number of sulfonamides is 1. The Balaban J connectivity index is 1.71. The molecule has 0 aliphatic heterocycles. The Morgan fingerprint density at radius 3 is 2.48 bits per heavy atom. The standard InChI is InChI=1S/C15H17F2N3O2S/c1-20-9-13(15(16)17)14(19-20)8-18-23(21,22)12-6-10-4-2-3-5-11(10)7-12/h2-5,9,12,15,18H,6-8H2,1H3. The van der Waals surface area contributed by atoms with Crippen LogP contribution in [0.4, 0.5) is 8.78 Å². The van der Waals surface area contributed by atoms with Gasteiger partial charge in [0.25, 0.3) is 6.43 Å². The largest absolute Gasteiger partial charge is 0.275 e. The summed E-state index contributed by atoms with van der Waals surface area (Å²) in [6.45, 7) is -0.226. The molecule has 5 nitrogen and oxygen atoms in total. The van der Waals surface area contributed by atoms with Crippen molar-refractivity contribution < 1.29 is 17.2 Å². The lowest BCUT2D eigenvalue weighted by Crippen LogP contribution is -2.34. The fourth-order valence-corrected chi connectivity index (χ4v) is 4.27. The maximum Gasteiger partial charge on any atom is 0.267 e. The summed E-state index contributed by atoms with van der Waals surface area (Å²) in [5.41, 5.74) is 1.86. The van der Waals surface area contributed by atoms with Gasteiger partial charge in [-0.15, -0.1) is 0 Å². The smallest absolute Gasteiger partial charge is 0.267 e. The predicted octanol–water partition coefficient (Wildman–Crippen LogP) is 1.94. The maximum absolute atomic E-state index is 12.9. The van der Waals surface area contributed by atoms with Gasteiger partial charge in [0, 0.05) is 13.2 Å². The van der Waals surface area contributed by atoms with Crippen molar-refractivity contribution in [1.29, 1.82) is 0 Å². The minimum atomic E-state index is -3.60. The van der Waals surface area contributed by atoms with Gasteiger partial charge in [0.1, 0.15) is 0 Å². The van der Waals surface area contributed by atoms with Crippen LogP contribution in [0.5, 0.6) is 0 Å². The van der Waals surface area contributed by atoms with Gasteiger partial charge in [-0.3, -0.25) is 4.68 Å². The first-order chi connectivity index (χ1) is 10.9. The van der Waals surface area contributed by atoms with Crippen LogP contribution in [0.2, 0.25) is 0 Å². The van der Waals surface area contributed by atoms with Crippen LogP contribution in [0.25, 0.3) is 0 Å². The number of aromatic nitrogens is 2. The Labute approximate surface area is 133 Å². The Morgan fingerprint density at radius 2 is 1.91 bits per heavy atom. The summed E-state index contributed by atoms with van der Waals surface area (Å²) in [7, 11) is -2.08. The molecule has 1 aromatic heterocycles. The fraction of sp³-hybridized carbons (Fsp3) is 0.400. The Kier molecular flexibility index (Phi) is 4.20. The van der Waals surface area contributed by atoms with Crippen LogP contribution < -0.4 is 4.72 Å². The summed E-state index contributed by atoms with van der Waals surface area (Å²) >= 11 is 0. The minimum Gasteiger partial charge on any atom is -0.275 e. The van der Waals surface area contributed by atoms with Crippen LogP contribution in [-0.4, -0.2) is 23.4 Å². The van der Waals surface area contributed by atoms with Crippen LogP contribution in [0.1, 0.15) is 28.8 Å². The number of aryl methyl sites for hydroxylation is 1. The van der Waals surface area contributed by atoms with E-state index in [2.05, 4.69) is 9.82 Å². The molecule has 0 spiro atoms. The van der Waals surface area contributed by atoms with E-state index in [1.165, 1.54) is 17.9 Å². The molecule has 3 rings (SSSR count). The zero-order valence-corrected chi connectivity index (χ0v) is 13.4. The lowest BCUT2D eigenvalue weighted by Gasteiger charge is -2.12. The van der Waals surface area contributed by atoms with Crippen LogP contribution in [0.3, 0.4) is 0 Å². The number of benzene rings is 1. The second-order valence-corrected chi connectivity index (χ2v) is 7.72. The number of alkyl halides is 2. The molecule has 8 heteroatoms. The van der Waals surface area contributed by atoms with Crippen molar-refractivity contribution in [2.45, 2.75) is 31.1 Å². The van der Waals surface area contributed by atoms with Gasteiger partial charge in [0.2, 0.25) is 10.0 Å². The van der Waals surface area contributed by atoms with E-state index in [-0.39, 0.29) is 17.8 Å². The van der Waals surface area contributed by atoms with Crippen LogP contribution >= 0.6 is 0 Å². The highest BCUT2D eigenvalue weighted by atomic mass is 32.2. The van der Waals surface area contributed by atoms with E-state index >= 15 is 0 Å². The van der Waals surface area contributed by atoms with Crippen molar-refractivity contribution in [3.63, 3.8) is 0 Å². The lowest BCUT2D eigenvalue weighted by molar-refractivity contribution is 0.150. The van der Waals surface area contributed by atoms with E-state index < -0.39 is 21.7 Å². The number of nitrogens with one attached hydrogen (secondary N) is 1. The van der Waals surface area contributed by atoms with Crippen molar-refractivity contribution >= 4 is 10.0 Å². The van der Waals surface area contributed by atoms with Gasteiger partial charge in [0.15, 0.2) is 0 Å². The highest BCUT2D eigenvalue weighted by Gasteiger charge is 2.32. The average Bonchev–Trinajstić information content (AvgIpc) is 3.08. The van der Waals surface area contributed by atoms with E-state index in [9.17, 15) is 17.2 Å². The number of halogens is 2. The van der Waals surface area contributed by atoms with Crippen molar-refractivity contribution in [3.05, 3.63) is 52.8 Å². The molecule has 0 bridgehead atoms. The molecule has 1 aliphatic carbocycles. The van der Waals surface area contributed by atoms with Gasteiger partial charge in [-0.25, -0.2) is 21.9 Å². The third kappa shape index (κ3) is 3.28. The second-order valence-electron chi connectivity index (χ2n) is 5.67. The zero-order valence-electron chi connectivity index (χ0n) is 12.5. The highest BCUT2D eigenvalue weighted by molar-refractivity contribution is 7.90. The van der Waals surface area contributed by atoms with Crippen LogP contribution in [0.15, 0.2) is 30.5 Å². The molecule has 1 aromatic carbocycles. The molecular formula is C15H17F2N3O2S. The van der Waals surface area contributed by atoms with Crippen LogP contribution in [0, 0.1) is 0 Å². The highest BCUT2D eigenvalue weighted by Crippen LogP contribution is 2.26. The van der Waals surface area contributed by atoms with Gasteiger partial charge >= 0.3 is 0 Å². The van der Waals surface area contributed by atoms with E-state index in [1.807, 2.05) is 24.3 Å². The van der Waals surface area contributed by atoms with E-state index in [1.54, 1.807) is 0 Å². The third-order valence-corrected chi connectivity index (χ3v) is 5.82. The molecule has 0 radical (unpaired) electrons. The average molecular weight is 341 g/mol. The molecule has 0 saturated carbocycles. The summed E-state index contributed by atoms with van der Waals surface area (Å²) in [4.78, 5) is 0. The Hall–Kier alpha value is -1.80. The molecule has 0 fully saturated rings. The van der Waals surface area contributed by atoms with E-state index in [0.717, 1.165) is 11.1 Å². The van der Waals surface area contributed by atoms with E-state index in [0.29, 0.717) is 12.8 Å². The molecule has 1 aliphatic rings. The predicted molar refractivity (Wildman–Crippen MR) is 81.6 cm³/mol. The quantitative estimate of drug-likeness (QED) is 0.904. The lowest BCUT2D eigenvalue weighted by atomic mass is 10.1. The van der Waals surface area contributed by atoms with Gasteiger partial charge in [-0.2, -0.15) is 5.10 Å². The SMILES string of the molecule is Cn1cc(C(F)F)c(CNS(=O)(=O)C2Cc3ccccc3C2)n1. The van der Waals surface area contributed by atoms with Gasteiger partial charge in [-0.05, 0) is 24.0 Å². The second kappa shape index (κ2) is 6.01. The van der Waals surface area contributed by atoms with Crippen molar-refractivity contribution in [2.24, 2.45) is 7.05 Å². The number of rotatable bonds is 5. The van der Waals surface area contributed by atoms with Crippen molar-refractivity contribution in [2.75, 3.05) is 0 Å². The number of nitrogens with zero attached hydrogens (tertiary/aromatic N) is 2. The molecule has 0 atom stereocenters. The Bertz CT molecular complexity index is 793. The first-order valence-corrected chi connectivity index (χ1v) is 8.77. The topological polar surface area (TPSA) is 64.0 Å². The van der Waals surface area contributed by atoms with Gasteiger partial charge in [-0.1, -0.05) is 24.3 Å². The summed E-state index contributed by atoms with van der Waals surface area (Å²) in [6, 6.07) is 7.59. The first-order valence-electron chi connectivity index (χ1n) is 7.22. The molecule has 0 amide bonds. The van der Waals surface area contributed by atoms with E-state index in [4.69, 9.17) is 0 Å². The normalized spacial score (nSPS) is 15.3. The molecule has 124 valence electrons. The molecule has 1 heterocycles. The molecular weight excluding hydrogens is 324 g/mol. The minimum absolute atomic E-state index is 0.0570. The maximum atomic E-state index is 12.9. The molecule has 23 heavy (non-hydrogen) atoms. The molecule has 2 aromatic rings. The van der Waals surface area contributed by atoms with Crippen molar-refractivity contribution in [3.8, 4) is 0 Å². The summed E-state index contributed by atoms with van der Waals surface area (Å²) in [5.74, 6) is 0. The summed E-state index contributed by atoms with van der Waals surface area (Å²) < 4.78 is 54.4. The van der Waals surface area contributed by atoms with Gasteiger partial charge in [0.05, 0.1) is 23.1 Å². The van der Waals surface area contributed by atoms with Crippen LogP contribution in [-0.2, 0) is 36.5 Å².